The number of rotatable bonds is 13. The van der Waals surface area contributed by atoms with Crippen LogP contribution in [0.25, 0.3) is 22.0 Å². The predicted molar refractivity (Wildman–Crippen MR) is 212 cm³/mol. The van der Waals surface area contributed by atoms with Gasteiger partial charge in [-0.3, -0.25) is 15.4 Å². The lowest BCUT2D eigenvalue weighted by Crippen LogP contribution is -2.32. The number of aliphatic hydroxyl groups is 1. The number of pyridine rings is 1. The number of anilines is 2. The number of phenols is 1. The van der Waals surface area contributed by atoms with Gasteiger partial charge < -0.3 is 40.5 Å². The number of halogens is 1. The van der Waals surface area contributed by atoms with Crippen LogP contribution in [0.1, 0.15) is 48.5 Å². The lowest BCUT2D eigenvalue weighted by molar-refractivity contribution is 0.0826. The minimum Gasteiger partial charge on any atom is -0.506 e. The van der Waals surface area contributed by atoms with Crippen molar-refractivity contribution in [1.29, 1.82) is 0 Å². The number of ether oxygens (including phenoxy) is 3. The Balaban J connectivity index is 1.03. The molecule has 6 rings (SSSR count). The Hall–Kier alpha value is -5.60. The third kappa shape index (κ3) is 10.1. The standard InChI is InChI=1S/C41H44ClN5O8/c1-53-37-21-34(32(42)20-26(37)22-44-23-36(49)30-13-15-35(48)39-31(30)14-16-38(50)47-39)46-40(51)54-18-17-24-7-12-29(25-5-3-2-4-6-25)33(19-24)45-41(52)55-28-10-8-27(43)9-11-28/h2-7,12-16,19-21,27-28,36,44,48-49H,8-11,17-18,22-23,43H2,1H3,(H,45,52)(H,46,51)(H,47,50)/t27?,28?,36-/m0/s1. The molecule has 1 fully saturated rings. The van der Waals surface area contributed by atoms with Crippen LogP contribution in [0.4, 0.5) is 21.0 Å². The van der Waals surface area contributed by atoms with Crippen molar-refractivity contribution in [3.8, 4) is 22.6 Å². The first kappa shape index (κ1) is 39.1. The number of aromatic hydroxyl groups is 1. The smallest absolute Gasteiger partial charge is 0.411 e. The number of nitrogens with two attached hydrogens (primary N) is 1. The monoisotopic (exact) mass is 769 g/mol. The molecule has 0 spiro atoms. The zero-order valence-electron chi connectivity index (χ0n) is 30.3. The lowest BCUT2D eigenvalue weighted by atomic mass is 9.94. The van der Waals surface area contributed by atoms with Crippen LogP contribution < -0.4 is 32.0 Å². The van der Waals surface area contributed by atoms with Crippen LogP contribution >= 0.6 is 11.6 Å². The molecule has 13 nitrogen and oxygen atoms in total. The zero-order valence-corrected chi connectivity index (χ0v) is 31.0. The highest BCUT2D eigenvalue weighted by Crippen LogP contribution is 2.33. The number of hydrogen-bond donors (Lipinski definition) is 7. The minimum absolute atomic E-state index is 0.0498. The number of aliphatic hydroxyl groups excluding tert-OH is 1. The highest BCUT2D eigenvalue weighted by molar-refractivity contribution is 6.33. The first-order valence-electron chi connectivity index (χ1n) is 18.0. The number of carbonyl (C=O) groups excluding carboxylic acids is 2. The fourth-order valence-corrected chi connectivity index (χ4v) is 6.88. The number of methoxy groups -OCH3 is 1. The number of H-pyrrole nitrogens is 1. The van der Waals surface area contributed by atoms with Gasteiger partial charge in [-0.2, -0.15) is 0 Å². The minimum atomic E-state index is -0.959. The van der Waals surface area contributed by atoms with Crippen molar-refractivity contribution in [2.24, 2.45) is 5.73 Å². The molecule has 0 saturated heterocycles. The van der Waals surface area contributed by atoms with Crippen LogP contribution in [0, 0.1) is 0 Å². The third-order valence-electron chi connectivity index (χ3n) is 9.55. The first-order valence-corrected chi connectivity index (χ1v) is 18.4. The number of benzene rings is 4. The van der Waals surface area contributed by atoms with Crippen molar-refractivity contribution >= 4 is 46.1 Å². The van der Waals surface area contributed by atoms with Crippen LogP contribution in [0.5, 0.6) is 11.5 Å². The molecule has 288 valence electrons. The number of phenolic OH excluding ortho intramolecular Hbond substituents is 1. The van der Waals surface area contributed by atoms with Gasteiger partial charge in [0.25, 0.3) is 0 Å². The molecular formula is C41H44ClN5O8. The maximum Gasteiger partial charge on any atom is 0.411 e. The van der Waals surface area contributed by atoms with E-state index in [4.69, 9.17) is 31.5 Å². The first-order chi connectivity index (χ1) is 26.6. The van der Waals surface area contributed by atoms with Gasteiger partial charge in [0.1, 0.15) is 17.6 Å². The molecule has 5 aromatic rings. The summed E-state index contributed by atoms with van der Waals surface area (Å²) in [4.78, 5) is 40.1. The fraction of sp³-hybridized carbons (Fsp3) is 0.293. The van der Waals surface area contributed by atoms with Gasteiger partial charge in [-0.05, 0) is 66.6 Å². The summed E-state index contributed by atoms with van der Waals surface area (Å²) in [6.45, 7) is 0.456. The van der Waals surface area contributed by atoms with Crippen LogP contribution in [0.3, 0.4) is 0 Å². The summed E-state index contributed by atoms with van der Waals surface area (Å²) in [5.41, 5.74) is 10.6. The van der Waals surface area contributed by atoms with E-state index < -0.39 is 18.3 Å². The summed E-state index contributed by atoms with van der Waals surface area (Å²) in [5.74, 6) is 0.351. The summed E-state index contributed by atoms with van der Waals surface area (Å²) in [6, 6.07) is 24.7. The van der Waals surface area contributed by atoms with Gasteiger partial charge in [-0.1, -0.05) is 60.1 Å². The molecule has 0 bridgehead atoms. The Morgan fingerprint density at radius 2 is 1.71 bits per heavy atom. The molecule has 0 aliphatic heterocycles. The molecule has 1 atom stereocenters. The van der Waals surface area contributed by atoms with Crippen LogP contribution in [0.2, 0.25) is 5.02 Å². The second-order valence-electron chi connectivity index (χ2n) is 13.4. The van der Waals surface area contributed by atoms with Crippen molar-refractivity contribution in [3.05, 3.63) is 117 Å². The number of nitrogens with one attached hydrogen (secondary N) is 4. The molecule has 4 aromatic carbocycles. The van der Waals surface area contributed by atoms with Gasteiger partial charge in [0.2, 0.25) is 5.56 Å². The molecule has 1 heterocycles. The van der Waals surface area contributed by atoms with Gasteiger partial charge in [-0.25, -0.2) is 9.59 Å². The number of amides is 2. The SMILES string of the molecule is COc1cc(NC(=O)OCCc2ccc(-c3ccccc3)c(NC(=O)OC3CCC(N)CC3)c2)c(Cl)cc1CNC[C@H](O)c1ccc(O)c2[nH]c(=O)ccc12. The van der Waals surface area contributed by atoms with E-state index in [2.05, 4.69) is 20.9 Å². The number of fused-ring (bicyclic) bond motifs is 1. The topological polar surface area (TPSA) is 197 Å². The molecular weight excluding hydrogens is 726 g/mol. The van der Waals surface area contributed by atoms with Gasteiger partial charge in [0, 0.05) is 54.2 Å². The molecule has 1 aromatic heterocycles. The van der Waals surface area contributed by atoms with E-state index >= 15 is 0 Å². The summed E-state index contributed by atoms with van der Waals surface area (Å²) < 4.78 is 16.7. The highest BCUT2D eigenvalue weighted by atomic mass is 35.5. The summed E-state index contributed by atoms with van der Waals surface area (Å²) in [5, 5.41) is 30.6. The van der Waals surface area contributed by atoms with Gasteiger partial charge >= 0.3 is 12.2 Å². The van der Waals surface area contributed by atoms with E-state index in [1.165, 1.54) is 19.2 Å². The Labute approximate surface area is 322 Å². The molecule has 14 heteroatoms. The van der Waals surface area contributed by atoms with Crippen LogP contribution in [0.15, 0.2) is 89.7 Å². The Bertz CT molecular complexity index is 2190. The molecule has 1 saturated carbocycles. The number of aromatic amines is 1. The average molecular weight is 770 g/mol. The highest BCUT2D eigenvalue weighted by Gasteiger charge is 2.23. The molecule has 55 heavy (non-hydrogen) atoms. The Morgan fingerprint density at radius 1 is 0.945 bits per heavy atom. The predicted octanol–water partition coefficient (Wildman–Crippen LogP) is 7.00. The van der Waals surface area contributed by atoms with Gasteiger partial charge in [0.05, 0.1) is 41.7 Å². The van der Waals surface area contributed by atoms with E-state index in [9.17, 15) is 24.6 Å². The van der Waals surface area contributed by atoms with Crippen molar-refractivity contribution in [2.45, 2.75) is 56.9 Å². The van der Waals surface area contributed by atoms with Crippen molar-refractivity contribution < 1.29 is 34.0 Å². The number of hydrogen-bond acceptors (Lipinski definition) is 10. The summed E-state index contributed by atoms with van der Waals surface area (Å²) in [6.07, 6.45) is 1.10. The van der Waals surface area contributed by atoms with Crippen molar-refractivity contribution in [3.63, 3.8) is 0 Å². The molecule has 0 radical (unpaired) electrons. The normalized spacial score (nSPS) is 15.9. The van der Waals surface area contributed by atoms with Gasteiger partial charge in [0.15, 0.2) is 0 Å². The van der Waals surface area contributed by atoms with E-state index in [1.807, 2.05) is 48.5 Å². The van der Waals surface area contributed by atoms with Gasteiger partial charge in [-0.15, -0.1) is 0 Å². The Kier molecular flexibility index (Phi) is 12.9. The van der Waals surface area contributed by atoms with E-state index in [0.29, 0.717) is 34.4 Å². The maximum absolute atomic E-state index is 12.9. The summed E-state index contributed by atoms with van der Waals surface area (Å²) in [7, 11) is 1.49. The molecule has 1 aliphatic carbocycles. The number of aromatic nitrogens is 1. The van der Waals surface area contributed by atoms with E-state index in [-0.39, 0.29) is 59.4 Å². The zero-order chi connectivity index (χ0) is 38.9. The van der Waals surface area contributed by atoms with Crippen LogP contribution in [-0.4, -0.2) is 59.8 Å². The Morgan fingerprint density at radius 3 is 2.47 bits per heavy atom. The number of carbonyl (C=O) groups is 2. The average Bonchev–Trinajstić information content (AvgIpc) is 3.17. The quantitative estimate of drug-likeness (QED) is 0.0655. The second kappa shape index (κ2) is 18.2. The molecule has 2 amide bonds. The summed E-state index contributed by atoms with van der Waals surface area (Å²) >= 11 is 6.55. The molecule has 0 unspecified atom stereocenters. The molecule has 8 N–H and O–H groups in total. The lowest BCUT2D eigenvalue weighted by Gasteiger charge is -2.26. The fourth-order valence-electron chi connectivity index (χ4n) is 6.65. The van der Waals surface area contributed by atoms with E-state index in [1.54, 1.807) is 24.3 Å². The van der Waals surface area contributed by atoms with E-state index in [0.717, 1.165) is 42.4 Å². The van der Waals surface area contributed by atoms with Crippen molar-refractivity contribution in [2.75, 3.05) is 30.9 Å². The maximum atomic E-state index is 12.9. The van der Waals surface area contributed by atoms with Crippen molar-refractivity contribution in [1.82, 2.24) is 10.3 Å². The van der Waals surface area contributed by atoms with Crippen LogP contribution in [-0.2, 0) is 22.4 Å². The second-order valence-corrected chi connectivity index (χ2v) is 13.8. The third-order valence-corrected chi connectivity index (χ3v) is 9.86. The molecule has 1 aliphatic rings. The largest absolute Gasteiger partial charge is 0.506 e.